The van der Waals surface area contributed by atoms with Gasteiger partial charge in [-0.3, -0.25) is 0 Å². The molecule has 0 fully saturated rings. The van der Waals surface area contributed by atoms with E-state index >= 15 is 0 Å². The van der Waals surface area contributed by atoms with Gasteiger partial charge in [-0.25, -0.2) is 18.1 Å². The molecule has 0 radical (unpaired) electrons. The molecule has 4 rings (SSSR count). The summed E-state index contributed by atoms with van der Waals surface area (Å²) in [5, 5.41) is 2.67. The van der Waals surface area contributed by atoms with E-state index in [1.807, 2.05) is 54.6 Å². The second-order valence-electron chi connectivity index (χ2n) is 5.41. The van der Waals surface area contributed by atoms with Crippen LogP contribution < -0.4 is 4.72 Å². The molecule has 24 heavy (non-hydrogen) atoms. The van der Waals surface area contributed by atoms with Crippen molar-refractivity contribution in [2.45, 2.75) is 11.4 Å². The normalized spacial score (nSPS) is 12.0. The predicted molar refractivity (Wildman–Crippen MR) is 97.6 cm³/mol. The van der Waals surface area contributed by atoms with E-state index in [1.54, 1.807) is 12.1 Å². The van der Waals surface area contributed by atoms with E-state index in [1.165, 1.54) is 11.3 Å². The molecule has 0 spiro atoms. The molecule has 0 atom stereocenters. The quantitative estimate of drug-likeness (QED) is 0.604. The van der Waals surface area contributed by atoms with Crippen LogP contribution >= 0.6 is 11.3 Å². The molecular weight excluding hydrogens is 340 g/mol. The molecule has 0 aliphatic rings. The lowest BCUT2D eigenvalue weighted by Crippen LogP contribution is -2.23. The van der Waals surface area contributed by atoms with Crippen LogP contribution in [0.15, 0.2) is 71.6 Å². The number of hydrogen-bond acceptors (Lipinski definition) is 4. The Morgan fingerprint density at radius 1 is 0.917 bits per heavy atom. The number of para-hydroxylation sites is 1. The minimum absolute atomic E-state index is 0.189. The van der Waals surface area contributed by atoms with Crippen LogP contribution in [0.2, 0.25) is 0 Å². The third-order valence-corrected chi connectivity index (χ3v) is 6.22. The Hall–Kier alpha value is -2.28. The van der Waals surface area contributed by atoms with Crippen molar-refractivity contribution in [2.24, 2.45) is 0 Å². The lowest BCUT2D eigenvalue weighted by molar-refractivity contribution is 0.581. The highest BCUT2D eigenvalue weighted by atomic mass is 32.2. The lowest BCUT2D eigenvalue weighted by atomic mass is 10.1. The van der Waals surface area contributed by atoms with Crippen LogP contribution in [0.4, 0.5) is 0 Å². The molecule has 0 amide bonds. The van der Waals surface area contributed by atoms with E-state index in [9.17, 15) is 8.42 Å². The molecule has 0 unspecified atom stereocenters. The maximum atomic E-state index is 12.5. The highest BCUT2D eigenvalue weighted by molar-refractivity contribution is 7.89. The van der Waals surface area contributed by atoms with Crippen LogP contribution in [0.3, 0.4) is 0 Å². The first kappa shape index (κ1) is 15.3. The standard InChI is InChI=1S/C18H14N2O2S2/c21-24(22,15-10-9-13-5-1-2-6-14(13)11-15)19-12-18-20-16-7-3-4-8-17(16)23-18/h1-11,19H,12H2. The molecular formula is C18H14N2O2S2. The maximum absolute atomic E-state index is 12.5. The summed E-state index contributed by atoms with van der Waals surface area (Å²) in [7, 11) is -3.57. The Labute approximate surface area is 143 Å². The van der Waals surface area contributed by atoms with Gasteiger partial charge in [-0.2, -0.15) is 0 Å². The third kappa shape index (κ3) is 2.91. The maximum Gasteiger partial charge on any atom is 0.240 e. The number of nitrogens with one attached hydrogen (secondary N) is 1. The van der Waals surface area contributed by atoms with Gasteiger partial charge in [0, 0.05) is 0 Å². The molecule has 1 aromatic heterocycles. The van der Waals surface area contributed by atoms with Crippen molar-refractivity contribution in [3.63, 3.8) is 0 Å². The predicted octanol–water partition coefficient (Wildman–Crippen LogP) is 3.93. The first-order valence-electron chi connectivity index (χ1n) is 7.45. The number of sulfonamides is 1. The molecule has 120 valence electrons. The number of nitrogens with zero attached hydrogens (tertiary/aromatic N) is 1. The number of aromatic nitrogens is 1. The molecule has 3 aromatic carbocycles. The van der Waals surface area contributed by atoms with E-state index in [2.05, 4.69) is 9.71 Å². The molecule has 0 aliphatic carbocycles. The van der Waals surface area contributed by atoms with Gasteiger partial charge in [0.05, 0.1) is 21.7 Å². The van der Waals surface area contributed by atoms with Gasteiger partial charge in [0.1, 0.15) is 5.01 Å². The van der Waals surface area contributed by atoms with Crippen LogP contribution in [0.5, 0.6) is 0 Å². The minimum Gasteiger partial charge on any atom is -0.240 e. The molecule has 4 nitrogen and oxygen atoms in total. The topological polar surface area (TPSA) is 59.1 Å². The van der Waals surface area contributed by atoms with E-state index in [0.29, 0.717) is 0 Å². The first-order valence-corrected chi connectivity index (χ1v) is 9.75. The molecule has 0 saturated heterocycles. The molecule has 6 heteroatoms. The Morgan fingerprint density at radius 3 is 2.50 bits per heavy atom. The van der Waals surface area contributed by atoms with E-state index in [4.69, 9.17) is 0 Å². The number of fused-ring (bicyclic) bond motifs is 2. The van der Waals surface area contributed by atoms with E-state index in [0.717, 1.165) is 26.0 Å². The summed E-state index contributed by atoms with van der Waals surface area (Å²) in [5.41, 5.74) is 0.891. The molecule has 0 bridgehead atoms. The van der Waals surface area contributed by atoms with Crippen LogP contribution in [0, 0.1) is 0 Å². The van der Waals surface area contributed by atoms with E-state index in [-0.39, 0.29) is 11.4 Å². The van der Waals surface area contributed by atoms with Gasteiger partial charge in [0.15, 0.2) is 0 Å². The summed E-state index contributed by atoms with van der Waals surface area (Å²) in [4.78, 5) is 4.72. The molecule has 0 aliphatic heterocycles. The second-order valence-corrected chi connectivity index (χ2v) is 8.29. The van der Waals surface area contributed by atoms with Crippen molar-refractivity contribution in [3.8, 4) is 0 Å². The van der Waals surface area contributed by atoms with Crippen molar-refractivity contribution in [3.05, 3.63) is 71.7 Å². The molecule has 0 saturated carbocycles. The summed E-state index contributed by atoms with van der Waals surface area (Å²) in [5.74, 6) is 0. The number of benzene rings is 3. The number of hydrogen-bond donors (Lipinski definition) is 1. The molecule has 4 aromatic rings. The summed E-state index contributed by atoms with van der Waals surface area (Å²) < 4.78 is 28.8. The Kier molecular flexibility index (Phi) is 3.80. The van der Waals surface area contributed by atoms with Crippen LogP contribution in [-0.2, 0) is 16.6 Å². The zero-order valence-corrected chi connectivity index (χ0v) is 14.3. The van der Waals surface area contributed by atoms with Gasteiger partial charge < -0.3 is 0 Å². The average molecular weight is 354 g/mol. The van der Waals surface area contributed by atoms with Crippen molar-refractivity contribution in [1.29, 1.82) is 0 Å². The Morgan fingerprint density at radius 2 is 1.67 bits per heavy atom. The van der Waals surface area contributed by atoms with Crippen molar-refractivity contribution in [1.82, 2.24) is 9.71 Å². The largest absolute Gasteiger partial charge is 0.240 e. The van der Waals surface area contributed by atoms with Crippen molar-refractivity contribution in [2.75, 3.05) is 0 Å². The fourth-order valence-electron chi connectivity index (χ4n) is 2.57. The minimum atomic E-state index is -3.57. The fraction of sp³-hybridized carbons (Fsp3) is 0.0556. The average Bonchev–Trinajstić information content (AvgIpc) is 3.03. The summed E-state index contributed by atoms with van der Waals surface area (Å²) in [6.07, 6.45) is 0. The molecule has 1 N–H and O–H groups in total. The summed E-state index contributed by atoms with van der Waals surface area (Å²) in [6, 6.07) is 20.6. The van der Waals surface area contributed by atoms with E-state index < -0.39 is 10.0 Å². The van der Waals surface area contributed by atoms with Crippen molar-refractivity contribution < 1.29 is 8.42 Å². The number of thiazole rings is 1. The van der Waals surface area contributed by atoms with Crippen LogP contribution in [0.1, 0.15) is 5.01 Å². The van der Waals surface area contributed by atoms with Gasteiger partial charge in [0.25, 0.3) is 0 Å². The SMILES string of the molecule is O=S(=O)(NCc1nc2ccccc2s1)c1ccc2ccccc2c1. The van der Waals surface area contributed by atoms with Gasteiger partial charge in [-0.1, -0.05) is 42.5 Å². The van der Waals surface area contributed by atoms with Crippen LogP contribution in [0.25, 0.3) is 21.0 Å². The highest BCUT2D eigenvalue weighted by Gasteiger charge is 2.15. The monoisotopic (exact) mass is 354 g/mol. The zero-order chi connectivity index (χ0) is 16.6. The lowest BCUT2D eigenvalue weighted by Gasteiger charge is -2.06. The Bertz CT molecular complexity index is 1100. The second kappa shape index (κ2) is 5.98. The van der Waals surface area contributed by atoms with Gasteiger partial charge in [-0.05, 0) is 35.0 Å². The summed E-state index contributed by atoms with van der Waals surface area (Å²) >= 11 is 1.50. The highest BCUT2D eigenvalue weighted by Crippen LogP contribution is 2.22. The zero-order valence-electron chi connectivity index (χ0n) is 12.6. The van der Waals surface area contributed by atoms with Crippen molar-refractivity contribution >= 4 is 42.3 Å². The number of rotatable bonds is 4. The smallest absolute Gasteiger partial charge is 0.240 e. The Balaban J connectivity index is 1.59. The third-order valence-electron chi connectivity index (χ3n) is 3.78. The van der Waals surface area contributed by atoms with Crippen LogP contribution in [-0.4, -0.2) is 13.4 Å². The summed E-state index contributed by atoms with van der Waals surface area (Å²) in [6.45, 7) is 0.189. The fourth-order valence-corrected chi connectivity index (χ4v) is 4.59. The van der Waals surface area contributed by atoms with Gasteiger partial charge >= 0.3 is 0 Å². The van der Waals surface area contributed by atoms with Gasteiger partial charge in [-0.15, -0.1) is 11.3 Å². The first-order chi connectivity index (χ1) is 11.6. The van der Waals surface area contributed by atoms with Gasteiger partial charge in [0.2, 0.25) is 10.0 Å². The molecule has 1 heterocycles.